The standard InChI is InChI=1S/C36H46N4O5/c1-27(2)23-31(24-29-15-7-4-8-16-29)36(43)40(38-33(41)25-30-18-12-21-37-26-30)32(19-11-17-28-13-5-3-6-14-28)35(42)39-45-34-20-9-10-22-44-34/h3-8,12-16,18,21,26-27,31-32,34H,9-11,17,19-20,22-25H2,1-2H3,(H,38,41)(H,39,42)/t31-,32+,34?/m1/s1. The second-order valence-corrected chi connectivity index (χ2v) is 12.1. The van der Waals surface area contributed by atoms with Gasteiger partial charge in [-0.05, 0) is 73.6 Å². The number of amides is 3. The molecule has 0 aliphatic carbocycles. The zero-order chi connectivity index (χ0) is 31.9. The normalized spacial score (nSPS) is 16.0. The highest BCUT2D eigenvalue weighted by Gasteiger charge is 2.36. The molecule has 2 heterocycles. The fraction of sp³-hybridized carbons (Fsp3) is 0.444. The molecular formula is C36H46N4O5. The number of pyridine rings is 1. The molecule has 1 aromatic heterocycles. The van der Waals surface area contributed by atoms with Crippen molar-refractivity contribution in [3.05, 3.63) is 102 Å². The van der Waals surface area contributed by atoms with Gasteiger partial charge in [-0.15, -0.1) is 0 Å². The van der Waals surface area contributed by atoms with E-state index in [4.69, 9.17) is 9.57 Å². The molecule has 2 aromatic carbocycles. The van der Waals surface area contributed by atoms with E-state index in [0.717, 1.165) is 24.0 Å². The Hall–Kier alpha value is -4.08. The molecule has 45 heavy (non-hydrogen) atoms. The first kappa shape index (κ1) is 33.8. The van der Waals surface area contributed by atoms with E-state index in [1.807, 2.05) is 60.7 Å². The van der Waals surface area contributed by atoms with E-state index in [-0.39, 0.29) is 18.2 Å². The van der Waals surface area contributed by atoms with Crippen LogP contribution in [0.3, 0.4) is 0 Å². The summed E-state index contributed by atoms with van der Waals surface area (Å²) in [5, 5.41) is 1.26. The van der Waals surface area contributed by atoms with E-state index in [1.165, 1.54) is 5.01 Å². The van der Waals surface area contributed by atoms with Gasteiger partial charge in [-0.1, -0.05) is 80.6 Å². The van der Waals surface area contributed by atoms with Crippen LogP contribution in [0.4, 0.5) is 0 Å². The van der Waals surface area contributed by atoms with E-state index < -0.39 is 30.1 Å². The number of carbonyl (C=O) groups excluding carboxylic acids is 3. The number of nitrogens with zero attached hydrogens (tertiary/aromatic N) is 2. The third-order valence-electron chi connectivity index (χ3n) is 7.83. The molecule has 9 nitrogen and oxygen atoms in total. The molecule has 1 fully saturated rings. The Morgan fingerprint density at radius 3 is 2.31 bits per heavy atom. The van der Waals surface area contributed by atoms with Crippen molar-refractivity contribution < 1.29 is 24.0 Å². The zero-order valence-corrected chi connectivity index (χ0v) is 26.4. The lowest BCUT2D eigenvalue weighted by Gasteiger charge is -2.34. The fourth-order valence-corrected chi connectivity index (χ4v) is 5.60. The minimum absolute atomic E-state index is 0.00984. The van der Waals surface area contributed by atoms with Gasteiger partial charge in [-0.2, -0.15) is 0 Å². The Bertz CT molecular complexity index is 1320. The molecule has 1 unspecified atom stereocenters. The van der Waals surface area contributed by atoms with E-state index in [9.17, 15) is 14.4 Å². The van der Waals surface area contributed by atoms with Gasteiger partial charge in [0, 0.05) is 31.3 Å². The summed E-state index contributed by atoms with van der Waals surface area (Å²) >= 11 is 0. The van der Waals surface area contributed by atoms with Gasteiger partial charge in [0.25, 0.3) is 5.91 Å². The van der Waals surface area contributed by atoms with E-state index in [2.05, 4.69) is 29.7 Å². The van der Waals surface area contributed by atoms with Gasteiger partial charge >= 0.3 is 0 Å². The van der Waals surface area contributed by atoms with Crippen LogP contribution in [0.15, 0.2) is 85.2 Å². The maximum atomic E-state index is 14.5. The van der Waals surface area contributed by atoms with Gasteiger partial charge in [0.1, 0.15) is 6.04 Å². The molecule has 9 heteroatoms. The third-order valence-corrected chi connectivity index (χ3v) is 7.83. The molecule has 3 amide bonds. The Morgan fingerprint density at radius 1 is 0.956 bits per heavy atom. The number of nitrogens with one attached hydrogen (secondary N) is 2. The first-order valence-electron chi connectivity index (χ1n) is 16.1. The maximum absolute atomic E-state index is 14.5. The summed E-state index contributed by atoms with van der Waals surface area (Å²) in [5.74, 6) is -1.46. The maximum Gasteiger partial charge on any atom is 0.268 e. The molecule has 0 radical (unpaired) electrons. The Kier molecular flexibility index (Phi) is 13.5. The molecule has 3 atom stereocenters. The van der Waals surface area contributed by atoms with Crippen molar-refractivity contribution in [2.75, 3.05) is 6.61 Å². The lowest BCUT2D eigenvalue weighted by atomic mass is 9.89. The molecule has 0 saturated carbocycles. The summed E-state index contributed by atoms with van der Waals surface area (Å²) in [6.45, 7) is 4.70. The molecular weight excluding hydrogens is 568 g/mol. The minimum Gasteiger partial charge on any atom is -0.350 e. The van der Waals surface area contributed by atoms with Gasteiger partial charge in [-0.3, -0.25) is 24.8 Å². The highest BCUT2D eigenvalue weighted by molar-refractivity contribution is 5.90. The van der Waals surface area contributed by atoms with Crippen molar-refractivity contribution >= 4 is 17.7 Å². The van der Waals surface area contributed by atoms with Crippen molar-refractivity contribution in [2.24, 2.45) is 11.8 Å². The minimum atomic E-state index is -1.01. The average Bonchev–Trinajstić information content (AvgIpc) is 3.06. The summed E-state index contributed by atoms with van der Waals surface area (Å²) in [4.78, 5) is 51.6. The van der Waals surface area contributed by atoms with Gasteiger partial charge in [0.05, 0.1) is 6.42 Å². The van der Waals surface area contributed by atoms with Crippen molar-refractivity contribution in [1.82, 2.24) is 20.9 Å². The molecule has 4 rings (SSSR count). The number of rotatable bonds is 15. The number of benzene rings is 2. The monoisotopic (exact) mass is 614 g/mol. The van der Waals surface area contributed by atoms with E-state index in [1.54, 1.807) is 24.5 Å². The van der Waals surface area contributed by atoms with Crippen LogP contribution in [0.5, 0.6) is 0 Å². The quantitative estimate of drug-likeness (QED) is 0.223. The number of hydrogen-bond acceptors (Lipinski definition) is 6. The summed E-state index contributed by atoms with van der Waals surface area (Å²) in [6.07, 6.45) is 7.97. The number of carbonyl (C=O) groups is 3. The van der Waals surface area contributed by atoms with E-state index in [0.29, 0.717) is 50.7 Å². The fourth-order valence-electron chi connectivity index (χ4n) is 5.60. The SMILES string of the molecule is CC(C)C[C@H](Cc1ccccc1)C(=O)N(NC(=O)Cc1cccnc1)[C@@H](CCCc1ccccc1)C(=O)NOC1CCCCO1. The molecule has 0 spiro atoms. The summed E-state index contributed by atoms with van der Waals surface area (Å²) in [7, 11) is 0. The number of ether oxygens (including phenoxy) is 1. The summed E-state index contributed by atoms with van der Waals surface area (Å²) in [5.41, 5.74) is 8.26. The summed E-state index contributed by atoms with van der Waals surface area (Å²) < 4.78 is 5.64. The number of aryl methyl sites for hydroxylation is 1. The number of aromatic nitrogens is 1. The van der Waals surface area contributed by atoms with Gasteiger partial charge in [-0.25, -0.2) is 15.3 Å². The lowest BCUT2D eigenvalue weighted by molar-refractivity contribution is -0.203. The van der Waals surface area contributed by atoms with Crippen molar-refractivity contribution in [2.45, 2.75) is 84.0 Å². The molecule has 1 aliphatic rings. The lowest BCUT2D eigenvalue weighted by Crippen LogP contribution is -2.59. The molecule has 3 aromatic rings. The molecule has 0 bridgehead atoms. The smallest absolute Gasteiger partial charge is 0.268 e. The van der Waals surface area contributed by atoms with Crippen LogP contribution in [0.1, 0.15) is 69.1 Å². The second kappa shape index (κ2) is 18.0. The largest absolute Gasteiger partial charge is 0.350 e. The molecule has 240 valence electrons. The second-order valence-electron chi connectivity index (χ2n) is 12.1. The molecule has 1 aliphatic heterocycles. The van der Waals surface area contributed by atoms with Crippen LogP contribution >= 0.6 is 0 Å². The first-order valence-corrected chi connectivity index (χ1v) is 16.1. The molecule has 1 saturated heterocycles. The highest BCUT2D eigenvalue weighted by atomic mass is 16.8. The number of hydrazine groups is 1. The van der Waals surface area contributed by atoms with Crippen LogP contribution in [0.2, 0.25) is 0 Å². The predicted molar refractivity (Wildman–Crippen MR) is 172 cm³/mol. The van der Waals surface area contributed by atoms with E-state index >= 15 is 0 Å². The number of hydrogen-bond donors (Lipinski definition) is 2. The number of hydroxylamine groups is 1. The first-order chi connectivity index (χ1) is 21.9. The van der Waals surface area contributed by atoms with Crippen LogP contribution in [-0.2, 0) is 43.2 Å². The Labute approximate surface area is 266 Å². The van der Waals surface area contributed by atoms with Crippen LogP contribution < -0.4 is 10.9 Å². The zero-order valence-electron chi connectivity index (χ0n) is 26.4. The average molecular weight is 615 g/mol. The van der Waals surface area contributed by atoms with Crippen LogP contribution in [-0.4, -0.2) is 46.7 Å². The van der Waals surface area contributed by atoms with Gasteiger partial charge < -0.3 is 4.74 Å². The third kappa shape index (κ3) is 11.4. The predicted octanol–water partition coefficient (Wildman–Crippen LogP) is 5.35. The van der Waals surface area contributed by atoms with Crippen LogP contribution in [0.25, 0.3) is 0 Å². The van der Waals surface area contributed by atoms with Crippen molar-refractivity contribution in [3.8, 4) is 0 Å². The van der Waals surface area contributed by atoms with Gasteiger partial charge in [0.15, 0.2) is 6.29 Å². The van der Waals surface area contributed by atoms with Crippen LogP contribution in [0, 0.1) is 11.8 Å². The van der Waals surface area contributed by atoms with Gasteiger partial charge in [0.2, 0.25) is 11.8 Å². The topological polar surface area (TPSA) is 110 Å². The Morgan fingerprint density at radius 2 is 1.67 bits per heavy atom. The highest BCUT2D eigenvalue weighted by Crippen LogP contribution is 2.23. The summed E-state index contributed by atoms with van der Waals surface area (Å²) in [6, 6.07) is 22.4. The molecule has 2 N–H and O–H groups in total. The Balaban J connectivity index is 1.61. The van der Waals surface area contributed by atoms with Crippen molar-refractivity contribution in [1.29, 1.82) is 0 Å². The van der Waals surface area contributed by atoms with Crippen molar-refractivity contribution in [3.63, 3.8) is 0 Å².